The van der Waals surface area contributed by atoms with Crippen molar-refractivity contribution in [3.63, 3.8) is 0 Å². The molecule has 6 heterocycles. The first-order valence-electron chi connectivity index (χ1n) is 13.3. The predicted octanol–water partition coefficient (Wildman–Crippen LogP) is 0.366. The second-order valence-electron chi connectivity index (χ2n) is 10.6. The number of H-pyrrole nitrogens is 1. The molecule has 0 aromatic carbocycles. The number of fused-ring (bicyclic) bond motifs is 2. The molecule has 242 valence electrons. The van der Waals surface area contributed by atoms with Crippen LogP contribution in [0.5, 0.6) is 0 Å². The molecule has 45 heavy (non-hydrogen) atoms. The van der Waals surface area contributed by atoms with Gasteiger partial charge in [-0.1, -0.05) is 0 Å². The summed E-state index contributed by atoms with van der Waals surface area (Å²) in [5.74, 6) is 0.0163. The van der Waals surface area contributed by atoms with Crippen molar-refractivity contribution < 1.29 is 37.8 Å². The first-order valence-corrected chi connectivity index (χ1v) is 18.4. The van der Waals surface area contributed by atoms with E-state index in [9.17, 15) is 19.4 Å². The van der Waals surface area contributed by atoms with E-state index in [4.69, 9.17) is 46.5 Å². The molecule has 2 fully saturated rings. The van der Waals surface area contributed by atoms with Crippen LogP contribution in [0, 0.1) is 0 Å². The van der Waals surface area contributed by atoms with Crippen LogP contribution in [0.15, 0.2) is 23.8 Å². The largest absolute Gasteiger partial charge is 0.582 e. The smallest absolute Gasteiger partial charge is 0.387 e. The third kappa shape index (κ3) is 5.87. The minimum Gasteiger partial charge on any atom is -0.387 e. The minimum absolute atomic E-state index is 0.0115. The summed E-state index contributed by atoms with van der Waals surface area (Å²) in [4.78, 5) is 47.3. The molecule has 23 heteroatoms. The van der Waals surface area contributed by atoms with Gasteiger partial charge in [0.2, 0.25) is 5.95 Å². The number of anilines is 2. The molecule has 2 aliphatic rings. The van der Waals surface area contributed by atoms with Gasteiger partial charge in [-0.25, -0.2) is 19.9 Å². The molecule has 9 unspecified atom stereocenters. The molecule has 2 saturated heterocycles. The first kappa shape index (κ1) is 32.3. The molecule has 2 aliphatic heterocycles. The van der Waals surface area contributed by atoms with E-state index in [0.717, 1.165) is 0 Å². The Bertz CT molecular complexity index is 1880. The number of hydrogen-bond acceptors (Lipinski definition) is 16. The summed E-state index contributed by atoms with van der Waals surface area (Å²) >= 11 is 9.45. The zero-order chi connectivity index (χ0) is 32.3. The van der Waals surface area contributed by atoms with Crippen LogP contribution >= 0.6 is 26.0 Å². The van der Waals surface area contributed by atoms with E-state index in [1.807, 2.05) is 0 Å². The lowest BCUT2D eigenvalue weighted by Crippen LogP contribution is -2.44. The number of aromatic amines is 1. The summed E-state index contributed by atoms with van der Waals surface area (Å²) in [6.45, 7) is -2.72. The van der Waals surface area contributed by atoms with Gasteiger partial charge in [-0.05, 0) is 29.7 Å². The van der Waals surface area contributed by atoms with Gasteiger partial charge >= 0.3 is 7.23 Å². The molecule has 4 aromatic rings. The van der Waals surface area contributed by atoms with Crippen molar-refractivity contribution in [1.29, 1.82) is 0 Å². The molecule has 0 aliphatic carbocycles. The molecule has 4 aromatic heterocycles. The van der Waals surface area contributed by atoms with Crippen LogP contribution in [0.1, 0.15) is 25.8 Å². The SMILES string of the molecule is COC1C(n2cnc3c(N)ncnc32)OC(C)(COP(O)(=S)C2CC(CO[P+](=O)S)OC2n2cnc3c(=O)[nH]c(N)nc32)C1O. The summed E-state index contributed by atoms with van der Waals surface area (Å²) in [7, 11) is -0.822. The maximum Gasteiger partial charge on any atom is 0.582 e. The zero-order valence-corrected chi connectivity index (χ0v) is 27.1. The standard InChI is InChI=1S/C22H28N10O9P2S2/c1-22(14(33)13(37-2)20(41-22)31-7-27-11-15(23)25-6-26-16(11)31)5-39-43(36,45)10-3-9(4-38-42(35)44)40-19(10)32-8-28-12-17(32)29-21(24)30-18(12)34/h6-10,13-14,19-20,33H,3-5H2,1-2H3,(H6-,23,24,25,26,29,30,34,35,36,44,45)/p+1. The molecule has 7 N–H and O–H groups in total. The Morgan fingerprint density at radius 2 is 1.93 bits per heavy atom. The average Bonchev–Trinajstić information content (AvgIpc) is 3.75. The molecule has 0 spiro atoms. The van der Waals surface area contributed by atoms with Crippen molar-refractivity contribution in [3.05, 3.63) is 29.3 Å². The van der Waals surface area contributed by atoms with E-state index in [-0.39, 0.29) is 42.6 Å². The fourth-order valence-electron chi connectivity index (χ4n) is 5.53. The Morgan fingerprint density at radius 1 is 1.22 bits per heavy atom. The van der Waals surface area contributed by atoms with Gasteiger partial charge in [-0.2, -0.15) is 4.98 Å². The van der Waals surface area contributed by atoms with E-state index in [0.29, 0.717) is 11.2 Å². The fraction of sp³-hybridized carbons (Fsp3) is 0.545. The van der Waals surface area contributed by atoms with Crippen LogP contribution in [-0.2, 0) is 39.6 Å². The molecule has 0 saturated carbocycles. The Labute approximate surface area is 264 Å². The maximum atomic E-state index is 12.4. The van der Waals surface area contributed by atoms with Gasteiger partial charge in [0.25, 0.3) is 5.56 Å². The van der Waals surface area contributed by atoms with Gasteiger partial charge in [0, 0.05) is 7.11 Å². The predicted molar refractivity (Wildman–Crippen MR) is 165 cm³/mol. The lowest BCUT2D eigenvalue weighted by molar-refractivity contribution is -0.111. The third-order valence-electron chi connectivity index (χ3n) is 7.76. The Kier molecular flexibility index (Phi) is 8.72. The normalized spacial score (nSPS) is 30.3. The van der Waals surface area contributed by atoms with Gasteiger partial charge in [0.1, 0.15) is 54.7 Å². The van der Waals surface area contributed by atoms with Gasteiger partial charge in [0.15, 0.2) is 35.3 Å². The topological polar surface area (TPSA) is 263 Å². The number of imidazole rings is 2. The highest BCUT2D eigenvalue weighted by molar-refractivity contribution is 8.39. The quantitative estimate of drug-likeness (QED) is 0.0962. The maximum absolute atomic E-state index is 12.4. The number of methoxy groups -OCH3 is 1. The van der Waals surface area contributed by atoms with E-state index < -0.39 is 61.3 Å². The number of hydrogen-bond donors (Lipinski definition) is 6. The Hall–Kier alpha value is -2.68. The first-order chi connectivity index (χ1) is 21.3. The lowest BCUT2D eigenvalue weighted by Gasteiger charge is -2.32. The van der Waals surface area contributed by atoms with Gasteiger partial charge < -0.3 is 40.2 Å². The summed E-state index contributed by atoms with van der Waals surface area (Å²) in [5, 5.41) is 11.3. The highest BCUT2D eigenvalue weighted by Crippen LogP contribution is 2.58. The highest BCUT2D eigenvalue weighted by atomic mass is 32.7. The number of nitrogens with zero attached hydrogens (tertiary/aromatic N) is 7. The Balaban J connectivity index is 1.27. The molecule has 0 radical (unpaired) electrons. The van der Waals surface area contributed by atoms with Crippen LogP contribution in [-0.4, -0.2) is 98.9 Å². The van der Waals surface area contributed by atoms with E-state index in [1.54, 1.807) is 11.5 Å². The zero-order valence-electron chi connectivity index (χ0n) is 23.6. The van der Waals surface area contributed by atoms with Crippen LogP contribution in [0.25, 0.3) is 22.3 Å². The number of thiol groups is 1. The van der Waals surface area contributed by atoms with E-state index in [2.05, 4.69) is 42.2 Å². The minimum atomic E-state index is -3.82. The van der Waals surface area contributed by atoms with Crippen molar-refractivity contribution in [2.24, 2.45) is 0 Å². The molecule has 0 bridgehead atoms. The fourth-order valence-corrected chi connectivity index (χ4v) is 8.42. The Morgan fingerprint density at radius 3 is 2.64 bits per heavy atom. The number of aromatic nitrogens is 8. The van der Waals surface area contributed by atoms with Gasteiger partial charge in [-0.3, -0.25) is 18.9 Å². The van der Waals surface area contributed by atoms with Crippen LogP contribution in [0.3, 0.4) is 0 Å². The van der Waals surface area contributed by atoms with Crippen molar-refractivity contribution in [2.75, 3.05) is 31.8 Å². The summed E-state index contributed by atoms with van der Waals surface area (Å²) in [5.41, 5.74) is 9.59. The number of ether oxygens (including phenoxy) is 3. The number of nitrogens with two attached hydrogens (primary N) is 2. The van der Waals surface area contributed by atoms with Gasteiger partial charge in [-0.15, -0.1) is 4.52 Å². The summed E-state index contributed by atoms with van der Waals surface area (Å²) in [6, 6.07) is 0. The number of aliphatic hydroxyl groups is 1. The summed E-state index contributed by atoms with van der Waals surface area (Å²) < 4.78 is 43.7. The van der Waals surface area contributed by atoms with Gasteiger partial charge in [0.05, 0.1) is 31.0 Å². The van der Waals surface area contributed by atoms with Crippen molar-refractivity contribution in [1.82, 2.24) is 39.0 Å². The molecular weight excluding hydrogens is 674 g/mol. The number of nitrogen functional groups attached to an aromatic ring is 2. The highest BCUT2D eigenvalue weighted by Gasteiger charge is 2.55. The van der Waals surface area contributed by atoms with Crippen molar-refractivity contribution in [2.45, 2.75) is 55.4 Å². The number of aliphatic hydroxyl groups excluding tert-OH is 1. The molecule has 0 amide bonds. The van der Waals surface area contributed by atoms with Crippen LogP contribution in [0.2, 0.25) is 0 Å². The molecule has 6 rings (SSSR count). The second kappa shape index (κ2) is 12.2. The average molecular weight is 704 g/mol. The summed E-state index contributed by atoms with van der Waals surface area (Å²) in [6.07, 6.45) is -0.637. The second-order valence-corrected chi connectivity index (χ2v) is 16.0. The van der Waals surface area contributed by atoms with Crippen LogP contribution in [0.4, 0.5) is 11.8 Å². The third-order valence-corrected chi connectivity index (χ3v) is 11.4. The number of nitrogens with one attached hydrogen (secondary N) is 1. The number of rotatable bonds is 10. The van der Waals surface area contributed by atoms with Crippen molar-refractivity contribution >= 4 is 71.9 Å². The molecular formula is C22H29N10O9P2S2+. The van der Waals surface area contributed by atoms with E-state index in [1.165, 1.54) is 30.7 Å². The van der Waals surface area contributed by atoms with E-state index >= 15 is 0 Å². The van der Waals surface area contributed by atoms with Crippen molar-refractivity contribution in [3.8, 4) is 0 Å². The lowest BCUT2D eigenvalue weighted by atomic mass is 9.98. The molecule has 9 atom stereocenters. The monoisotopic (exact) mass is 703 g/mol. The van der Waals surface area contributed by atoms with Crippen LogP contribution < -0.4 is 17.0 Å². The molecule has 19 nitrogen and oxygen atoms in total.